The smallest absolute Gasteiger partial charge is 0.124 e. The number of aliphatic hydroxyl groups is 1. The van der Waals surface area contributed by atoms with E-state index in [0.717, 1.165) is 23.9 Å². The predicted octanol–water partition coefficient (Wildman–Crippen LogP) is 2.66. The first-order chi connectivity index (χ1) is 8.31. The Morgan fingerprint density at radius 1 is 1.29 bits per heavy atom. The van der Waals surface area contributed by atoms with E-state index in [1.807, 2.05) is 12.1 Å². The second-order valence-corrected chi connectivity index (χ2v) is 4.76. The van der Waals surface area contributed by atoms with Gasteiger partial charge < -0.3 is 9.84 Å². The molecule has 0 aliphatic carbocycles. The average molecular weight is 302 g/mol. The fourth-order valence-electron chi connectivity index (χ4n) is 2.05. The molecule has 1 fully saturated rings. The first-order valence-electron chi connectivity index (χ1n) is 5.79. The molecule has 17 heavy (non-hydrogen) atoms. The zero-order valence-electron chi connectivity index (χ0n) is 10.4. The molecule has 1 heterocycles. The van der Waals surface area contributed by atoms with Crippen LogP contribution in [0.15, 0.2) is 22.7 Å². The minimum absolute atomic E-state index is 0.983. The van der Waals surface area contributed by atoms with E-state index in [9.17, 15) is 0 Å². The molecule has 1 aromatic carbocycles. The highest BCUT2D eigenvalue weighted by Crippen LogP contribution is 2.28. The molecule has 0 aromatic heterocycles. The largest absolute Gasteiger partial charge is 0.496 e. The molecule has 1 N–H and O–H groups in total. The summed E-state index contributed by atoms with van der Waals surface area (Å²) in [5.74, 6) is 0.983. The molecule has 0 amide bonds. The Labute approximate surface area is 112 Å². The summed E-state index contributed by atoms with van der Waals surface area (Å²) in [7, 11) is 2.73. The van der Waals surface area contributed by atoms with Crippen molar-refractivity contribution in [3.05, 3.63) is 28.2 Å². The van der Waals surface area contributed by atoms with E-state index in [0.29, 0.717) is 0 Å². The van der Waals surface area contributed by atoms with E-state index in [2.05, 4.69) is 26.9 Å². The maximum atomic E-state index is 7.00. The van der Waals surface area contributed by atoms with Crippen LogP contribution in [-0.2, 0) is 6.54 Å². The molecule has 0 radical (unpaired) electrons. The molecule has 0 bridgehead atoms. The summed E-state index contributed by atoms with van der Waals surface area (Å²) >= 11 is 3.59. The van der Waals surface area contributed by atoms with E-state index in [1.165, 1.54) is 31.5 Å². The van der Waals surface area contributed by atoms with Gasteiger partial charge in [-0.1, -0.05) is 22.0 Å². The molecule has 1 saturated heterocycles. The summed E-state index contributed by atoms with van der Waals surface area (Å²) in [6.45, 7) is 3.42. The van der Waals surface area contributed by atoms with Crippen LogP contribution in [0.4, 0.5) is 0 Å². The molecule has 0 unspecified atom stereocenters. The van der Waals surface area contributed by atoms with Gasteiger partial charge in [0.1, 0.15) is 5.75 Å². The Balaban J connectivity index is 0.000000686. The van der Waals surface area contributed by atoms with Crippen LogP contribution in [0.1, 0.15) is 18.4 Å². The SMILES string of the molecule is CO.COc1cccc(Br)c1CN1CCCC1. The lowest BCUT2D eigenvalue weighted by atomic mass is 10.2. The summed E-state index contributed by atoms with van der Waals surface area (Å²) in [5, 5.41) is 7.00. The number of aliphatic hydroxyl groups excluding tert-OH is 1. The number of benzene rings is 1. The minimum Gasteiger partial charge on any atom is -0.496 e. The average Bonchev–Trinajstić information content (AvgIpc) is 2.87. The third kappa shape index (κ3) is 3.98. The van der Waals surface area contributed by atoms with E-state index >= 15 is 0 Å². The molecule has 0 atom stereocenters. The highest BCUT2D eigenvalue weighted by Gasteiger charge is 2.15. The van der Waals surface area contributed by atoms with Crippen LogP contribution in [0, 0.1) is 0 Å². The molecule has 96 valence electrons. The molecular weight excluding hydrogens is 282 g/mol. The lowest BCUT2D eigenvalue weighted by Gasteiger charge is -2.17. The Kier molecular flexibility index (Phi) is 6.55. The zero-order valence-corrected chi connectivity index (χ0v) is 12.0. The lowest BCUT2D eigenvalue weighted by Crippen LogP contribution is -2.19. The van der Waals surface area contributed by atoms with Gasteiger partial charge in [0, 0.05) is 23.7 Å². The number of nitrogens with zero attached hydrogens (tertiary/aromatic N) is 1. The van der Waals surface area contributed by atoms with Crippen molar-refractivity contribution >= 4 is 15.9 Å². The third-order valence-electron chi connectivity index (χ3n) is 2.88. The van der Waals surface area contributed by atoms with Gasteiger partial charge in [0.15, 0.2) is 0 Å². The number of halogens is 1. The Morgan fingerprint density at radius 2 is 1.94 bits per heavy atom. The van der Waals surface area contributed by atoms with E-state index in [4.69, 9.17) is 9.84 Å². The maximum absolute atomic E-state index is 7.00. The van der Waals surface area contributed by atoms with Crippen molar-refractivity contribution in [2.75, 3.05) is 27.3 Å². The fourth-order valence-corrected chi connectivity index (χ4v) is 2.52. The molecule has 2 rings (SSSR count). The summed E-state index contributed by atoms with van der Waals surface area (Å²) in [6.07, 6.45) is 2.65. The zero-order chi connectivity index (χ0) is 12.7. The summed E-state index contributed by atoms with van der Waals surface area (Å²) in [5.41, 5.74) is 1.27. The van der Waals surface area contributed by atoms with Crippen molar-refractivity contribution in [1.29, 1.82) is 0 Å². The number of ether oxygens (including phenoxy) is 1. The second-order valence-electron chi connectivity index (χ2n) is 3.90. The van der Waals surface area contributed by atoms with Gasteiger partial charge in [0.05, 0.1) is 7.11 Å². The van der Waals surface area contributed by atoms with Crippen molar-refractivity contribution in [3.63, 3.8) is 0 Å². The van der Waals surface area contributed by atoms with Crippen LogP contribution in [0.3, 0.4) is 0 Å². The highest BCUT2D eigenvalue weighted by molar-refractivity contribution is 9.10. The Hall–Kier alpha value is -0.580. The van der Waals surface area contributed by atoms with Crippen molar-refractivity contribution in [2.24, 2.45) is 0 Å². The normalized spacial score (nSPS) is 15.3. The first kappa shape index (κ1) is 14.5. The first-order valence-corrected chi connectivity index (χ1v) is 6.59. The van der Waals surface area contributed by atoms with Crippen molar-refractivity contribution < 1.29 is 9.84 Å². The number of rotatable bonds is 3. The van der Waals surface area contributed by atoms with Crippen molar-refractivity contribution in [2.45, 2.75) is 19.4 Å². The van der Waals surface area contributed by atoms with Crippen LogP contribution in [0.5, 0.6) is 5.75 Å². The monoisotopic (exact) mass is 301 g/mol. The maximum Gasteiger partial charge on any atom is 0.124 e. The number of methoxy groups -OCH3 is 1. The number of hydrogen-bond donors (Lipinski definition) is 1. The van der Waals surface area contributed by atoms with Gasteiger partial charge in [-0.15, -0.1) is 0 Å². The molecule has 4 heteroatoms. The van der Waals surface area contributed by atoms with Gasteiger partial charge in [-0.25, -0.2) is 0 Å². The van der Waals surface area contributed by atoms with E-state index in [1.54, 1.807) is 7.11 Å². The molecular formula is C13H20BrNO2. The quantitative estimate of drug-likeness (QED) is 0.932. The number of hydrogen-bond acceptors (Lipinski definition) is 3. The minimum atomic E-state index is 0.983. The summed E-state index contributed by atoms with van der Waals surface area (Å²) < 4.78 is 6.53. The Bertz CT molecular complexity index is 338. The van der Waals surface area contributed by atoms with E-state index in [-0.39, 0.29) is 0 Å². The lowest BCUT2D eigenvalue weighted by molar-refractivity contribution is 0.320. The molecule has 0 spiro atoms. The predicted molar refractivity (Wildman–Crippen MR) is 73.3 cm³/mol. The topological polar surface area (TPSA) is 32.7 Å². The van der Waals surface area contributed by atoms with Crippen LogP contribution in [0.2, 0.25) is 0 Å². The Morgan fingerprint density at radius 3 is 2.53 bits per heavy atom. The summed E-state index contributed by atoms with van der Waals surface area (Å²) in [4.78, 5) is 2.47. The highest BCUT2D eigenvalue weighted by atomic mass is 79.9. The van der Waals surface area contributed by atoms with Gasteiger partial charge in [-0.2, -0.15) is 0 Å². The third-order valence-corrected chi connectivity index (χ3v) is 3.62. The van der Waals surface area contributed by atoms with Crippen LogP contribution in [-0.4, -0.2) is 37.3 Å². The summed E-state index contributed by atoms with van der Waals surface area (Å²) in [6, 6.07) is 6.11. The van der Waals surface area contributed by atoms with Gasteiger partial charge in [-0.3, -0.25) is 4.90 Å². The number of likely N-dealkylation sites (tertiary alicyclic amines) is 1. The molecule has 1 aliphatic heterocycles. The molecule has 1 aliphatic rings. The van der Waals surface area contributed by atoms with Gasteiger partial charge >= 0.3 is 0 Å². The molecule has 1 aromatic rings. The molecule has 3 nitrogen and oxygen atoms in total. The van der Waals surface area contributed by atoms with Crippen LogP contribution >= 0.6 is 15.9 Å². The van der Waals surface area contributed by atoms with Crippen molar-refractivity contribution in [1.82, 2.24) is 4.90 Å². The van der Waals surface area contributed by atoms with Gasteiger partial charge in [-0.05, 0) is 38.1 Å². The second kappa shape index (κ2) is 7.69. The van der Waals surface area contributed by atoms with Crippen molar-refractivity contribution in [3.8, 4) is 5.75 Å². The van der Waals surface area contributed by atoms with E-state index < -0.39 is 0 Å². The van der Waals surface area contributed by atoms with Crippen LogP contribution in [0.25, 0.3) is 0 Å². The fraction of sp³-hybridized carbons (Fsp3) is 0.538. The van der Waals surface area contributed by atoms with Gasteiger partial charge in [0.25, 0.3) is 0 Å². The standard InChI is InChI=1S/C12H16BrNO.CH4O/c1-15-12-6-4-5-11(13)10(12)9-14-7-2-3-8-14;1-2/h4-6H,2-3,7-9H2,1H3;2H,1H3. The van der Waals surface area contributed by atoms with Crippen LogP contribution < -0.4 is 4.74 Å². The van der Waals surface area contributed by atoms with Gasteiger partial charge in [0.2, 0.25) is 0 Å². The molecule has 0 saturated carbocycles.